The number of nitrogens with zero attached hydrogens (tertiary/aromatic N) is 1. The third kappa shape index (κ3) is 3.35. The van der Waals surface area contributed by atoms with Gasteiger partial charge >= 0.3 is 5.97 Å². The number of hydrogen-bond donors (Lipinski definition) is 0. The lowest BCUT2D eigenvalue weighted by Gasteiger charge is -2.28. The highest BCUT2D eigenvalue weighted by Gasteiger charge is 2.61. The fourth-order valence-electron chi connectivity index (χ4n) is 4.82. The second-order valence-corrected chi connectivity index (χ2v) is 9.19. The lowest BCUT2D eigenvalue weighted by Crippen LogP contribution is -2.50. The summed E-state index contributed by atoms with van der Waals surface area (Å²) >= 11 is 3.30. The zero-order valence-electron chi connectivity index (χ0n) is 16.2. The molecule has 6 nitrogen and oxygen atoms in total. The topological polar surface area (TPSA) is 80.8 Å². The summed E-state index contributed by atoms with van der Waals surface area (Å²) in [6.45, 7) is 3.10. The van der Waals surface area contributed by atoms with Gasteiger partial charge in [0.05, 0.1) is 11.8 Å². The number of esters is 1. The van der Waals surface area contributed by atoms with Gasteiger partial charge in [0.15, 0.2) is 12.4 Å². The Morgan fingerprint density at radius 2 is 1.62 bits per heavy atom. The molecule has 2 amide bonds. The average molecular weight is 460 g/mol. The van der Waals surface area contributed by atoms with Crippen LogP contribution in [0, 0.1) is 29.6 Å². The number of rotatable bonds is 6. The molecule has 1 saturated carbocycles. The summed E-state index contributed by atoms with van der Waals surface area (Å²) in [4.78, 5) is 52.3. The Kier molecular flexibility index (Phi) is 5.19. The van der Waals surface area contributed by atoms with Gasteiger partial charge in [-0.25, -0.2) is 4.79 Å². The molecule has 1 heterocycles. The SMILES string of the molecule is CC(C)[C@@H](C(=O)OCC(=O)c1ccc(Br)cc1)N1C(=O)[C@@H]2[C@H](C1=O)[C@H]1C=C[C@H]2C1. The van der Waals surface area contributed by atoms with E-state index < -0.39 is 18.6 Å². The van der Waals surface area contributed by atoms with E-state index in [9.17, 15) is 19.2 Å². The Morgan fingerprint density at radius 1 is 1.07 bits per heavy atom. The first-order valence-electron chi connectivity index (χ1n) is 9.80. The number of fused-ring (bicyclic) bond motifs is 5. The minimum atomic E-state index is -1.02. The molecule has 29 heavy (non-hydrogen) atoms. The van der Waals surface area contributed by atoms with Crippen LogP contribution in [-0.4, -0.2) is 41.1 Å². The molecular weight excluding hydrogens is 438 g/mol. The van der Waals surface area contributed by atoms with Crippen LogP contribution in [0.25, 0.3) is 0 Å². The Hall–Kier alpha value is -2.28. The number of ketones is 1. The zero-order valence-corrected chi connectivity index (χ0v) is 17.8. The molecule has 2 aliphatic carbocycles. The number of Topliss-reactive ketones (excluding diaryl/α,β-unsaturated/α-hetero) is 1. The summed E-state index contributed by atoms with van der Waals surface area (Å²) in [6, 6.07) is 5.72. The summed E-state index contributed by atoms with van der Waals surface area (Å²) in [5.41, 5.74) is 0.424. The molecule has 2 bridgehead atoms. The normalized spacial score (nSPS) is 28.2. The van der Waals surface area contributed by atoms with Gasteiger partial charge in [0.2, 0.25) is 11.8 Å². The Morgan fingerprint density at radius 3 is 2.14 bits per heavy atom. The number of halogens is 1. The molecule has 1 aliphatic heterocycles. The second-order valence-electron chi connectivity index (χ2n) is 8.27. The van der Waals surface area contributed by atoms with Crippen LogP contribution >= 0.6 is 15.9 Å². The van der Waals surface area contributed by atoms with E-state index in [1.807, 2.05) is 12.2 Å². The van der Waals surface area contributed by atoms with E-state index in [2.05, 4.69) is 15.9 Å². The maximum atomic E-state index is 13.0. The van der Waals surface area contributed by atoms with Crippen molar-refractivity contribution in [2.45, 2.75) is 26.3 Å². The van der Waals surface area contributed by atoms with E-state index in [0.29, 0.717) is 5.56 Å². The predicted molar refractivity (Wildman–Crippen MR) is 108 cm³/mol. The quantitative estimate of drug-likeness (QED) is 0.282. The molecular formula is C22H22BrNO5. The lowest BCUT2D eigenvalue weighted by molar-refractivity contribution is -0.160. The van der Waals surface area contributed by atoms with Gasteiger partial charge < -0.3 is 4.74 Å². The third-order valence-electron chi connectivity index (χ3n) is 6.17. The van der Waals surface area contributed by atoms with Crippen molar-refractivity contribution in [3.05, 3.63) is 46.5 Å². The van der Waals surface area contributed by atoms with Gasteiger partial charge in [-0.2, -0.15) is 0 Å². The third-order valence-corrected chi connectivity index (χ3v) is 6.70. The van der Waals surface area contributed by atoms with Crippen LogP contribution in [0.5, 0.6) is 0 Å². The first kappa shape index (κ1) is 20.0. The average Bonchev–Trinajstić information content (AvgIpc) is 3.36. The van der Waals surface area contributed by atoms with Crippen LogP contribution in [0.4, 0.5) is 0 Å². The molecule has 1 aromatic rings. The molecule has 0 N–H and O–H groups in total. The standard InChI is InChI=1S/C22H22BrNO5/c1-11(2)19(22(28)29-10-16(25)12-5-7-15(23)8-6-12)24-20(26)17-13-3-4-14(9-13)18(17)21(24)27/h3-8,11,13-14,17-19H,9-10H2,1-2H3/t13-,14-,17-,18+,19-/m0/s1. The van der Waals surface area contributed by atoms with Gasteiger partial charge in [-0.15, -0.1) is 0 Å². The summed E-state index contributed by atoms with van der Waals surface area (Å²) < 4.78 is 6.09. The number of hydrogen-bond acceptors (Lipinski definition) is 5. The number of carbonyl (C=O) groups is 4. The minimum Gasteiger partial charge on any atom is -0.456 e. The number of amides is 2. The first-order chi connectivity index (χ1) is 13.8. The minimum absolute atomic E-state index is 0.0780. The van der Waals surface area contributed by atoms with Crippen LogP contribution < -0.4 is 0 Å². The van der Waals surface area contributed by atoms with Gasteiger partial charge in [-0.3, -0.25) is 19.3 Å². The molecule has 5 atom stereocenters. The molecule has 0 radical (unpaired) electrons. The summed E-state index contributed by atoms with van der Waals surface area (Å²) in [5.74, 6) is -2.52. The molecule has 3 aliphatic rings. The van der Waals surface area contributed by atoms with E-state index in [0.717, 1.165) is 15.8 Å². The van der Waals surface area contributed by atoms with E-state index in [1.54, 1.807) is 38.1 Å². The number of allylic oxidation sites excluding steroid dienone is 2. The van der Waals surface area contributed by atoms with Gasteiger partial charge in [-0.05, 0) is 36.3 Å². The zero-order chi connectivity index (χ0) is 20.9. The van der Waals surface area contributed by atoms with Crippen molar-refractivity contribution in [3.8, 4) is 0 Å². The molecule has 4 rings (SSSR count). The van der Waals surface area contributed by atoms with Gasteiger partial charge in [0, 0.05) is 10.0 Å². The van der Waals surface area contributed by atoms with Crippen LogP contribution in [0.3, 0.4) is 0 Å². The number of benzene rings is 1. The Balaban J connectivity index is 1.47. The molecule has 0 unspecified atom stereocenters. The van der Waals surface area contributed by atoms with Gasteiger partial charge in [0.1, 0.15) is 6.04 Å². The molecule has 0 spiro atoms. The lowest BCUT2D eigenvalue weighted by atomic mass is 9.85. The fraction of sp³-hybridized carbons (Fsp3) is 0.455. The molecule has 2 fully saturated rings. The monoisotopic (exact) mass is 459 g/mol. The van der Waals surface area contributed by atoms with Crippen LogP contribution in [0.15, 0.2) is 40.9 Å². The number of likely N-dealkylation sites (tertiary alicyclic amines) is 1. The van der Waals surface area contributed by atoms with E-state index >= 15 is 0 Å². The van der Waals surface area contributed by atoms with Crippen molar-refractivity contribution in [1.82, 2.24) is 4.90 Å². The Labute approximate surface area is 177 Å². The van der Waals surface area contributed by atoms with Crippen LogP contribution in [-0.2, 0) is 19.1 Å². The van der Waals surface area contributed by atoms with E-state index in [4.69, 9.17) is 4.74 Å². The number of ether oxygens (including phenoxy) is 1. The molecule has 1 aromatic carbocycles. The maximum Gasteiger partial charge on any atom is 0.330 e. The highest BCUT2D eigenvalue weighted by Crippen LogP contribution is 2.53. The number of carbonyl (C=O) groups excluding carboxylic acids is 4. The number of imide groups is 1. The molecule has 152 valence electrons. The fourth-order valence-corrected chi connectivity index (χ4v) is 5.08. The van der Waals surface area contributed by atoms with E-state index in [-0.39, 0.29) is 47.2 Å². The highest BCUT2D eigenvalue weighted by atomic mass is 79.9. The maximum absolute atomic E-state index is 13.0. The smallest absolute Gasteiger partial charge is 0.330 e. The molecule has 7 heteroatoms. The summed E-state index contributed by atoms with van der Waals surface area (Å²) in [5, 5.41) is 0. The second kappa shape index (κ2) is 7.52. The largest absolute Gasteiger partial charge is 0.456 e. The predicted octanol–water partition coefficient (Wildman–Crippen LogP) is 3.01. The summed E-state index contributed by atoms with van der Waals surface area (Å²) in [6.07, 6.45) is 4.86. The van der Waals surface area contributed by atoms with Crippen molar-refractivity contribution >= 4 is 39.5 Å². The van der Waals surface area contributed by atoms with Gasteiger partial charge in [0.25, 0.3) is 0 Å². The van der Waals surface area contributed by atoms with Crippen molar-refractivity contribution in [2.75, 3.05) is 6.61 Å². The first-order valence-corrected chi connectivity index (χ1v) is 10.6. The summed E-state index contributed by atoms with van der Waals surface area (Å²) in [7, 11) is 0. The van der Waals surface area contributed by atoms with Crippen molar-refractivity contribution in [1.29, 1.82) is 0 Å². The van der Waals surface area contributed by atoms with Crippen molar-refractivity contribution in [3.63, 3.8) is 0 Å². The van der Waals surface area contributed by atoms with Crippen molar-refractivity contribution in [2.24, 2.45) is 29.6 Å². The van der Waals surface area contributed by atoms with Crippen LogP contribution in [0.1, 0.15) is 30.6 Å². The van der Waals surface area contributed by atoms with Crippen molar-refractivity contribution < 1.29 is 23.9 Å². The molecule has 0 aromatic heterocycles. The highest BCUT2D eigenvalue weighted by molar-refractivity contribution is 9.10. The van der Waals surface area contributed by atoms with E-state index in [1.165, 1.54) is 0 Å². The molecule has 1 saturated heterocycles. The van der Waals surface area contributed by atoms with Crippen LogP contribution in [0.2, 0.25) is 0 Å². The van der Waals surface area contributed by atoms with Gasteiger partial charge in [-0.1, -0.05) is 54.1 Å². The Bertz CT molecular complexity index is 876.